The van der Waals surface area contributed by atoms with Crippen LogP contribution in [-0.4, -0.2) is 24.4 Å². The summed E-state index contributed by atoms with van der Waals surface area (Å²) in [5, 5.41) is 15.6. The fourth-order valence-corrected chi connectivity index (χ4v) is 2.60. The summed E-state index contributed by atoms with van der Waals surface area (Å²) >= 11 is 0. The lowest BCUT2D eigenvalue weighted by molar-refractivity contribution is 0.106. The normalized spacial score (nSPS) is 12.2. The first kappa shape index (κ1) is 16.5. The SMILES string of the molecule is Cc1ccc(CNCC(O)COc2ccc3ccccc3c2)cc1. The van der Waals surface area contributed by atoms with E-state index in [2.05, 4.69) is 48.6 Å². The highest BCUT2D eigenvalue weighted by molar-refractivity contribution is 5.83. The van der Waals surface area contributed by atoms with E-state index in [1.165, 1.54) is 16.5 Å². The van der Waals surface area contributed by atoms with Gasteiger partial charge in [-0.1, -0.05) is 60.2 Å². The predicted molar refractivity (Wildman–Crippen MR) is 98.3 cm³/mol. The summed E-state index contributed by atoms with van der Waals surface area (Å²) in [4.78, 5) is 0. The van der Waals surface area contributed by atoms with Gasteiger partial charge in [0.1, 0.15) is 18.5 Å². The maximum Gasteiger partial charge on any atom is 0.120 e. The molecular weight excluding hydrogens is 298 g/mol. The first-order valence-electron chi connectivity index (χ1n) is 8.26. The Morgan fingerprint density at radius 3 is 2.50 bits per heavy atom. The molecule has 0 aromatic heterocycles. The molecule has 124 valence electrons. The molecule has 0 amide bonds. The summed E-state index contributed by atoms with van der Waals surface area (Å²) in [7, 11) is 0. The maximum absolute atomic E-state index is 10.1. The number of hydrogen-bond donors (Lipinski definition) is 2. The zero-order chi connectivity index (χ0) is 16.8. The molecule has 1 unspecified atom stereocenters. The van der Waals surface area contributed by atoms with Crippen LogP contribution in [0.5, 0.6) is 5.75 Å². The van der Waals surface area contributed by atoms with Gasteiger partial charge >= 0.3 is 0 Å². The standard InChI is InChI=1S/C21H23NO2/c1-16-6-8-17(9-7-16)13-22-14-20(23)15-24-21-11-10-18-4-2-3-5-19(18)12-21/h2-12,20,22-23H,13-15H2,1H3. The Morgan fingerprint density at radius 1 is 0.958 bits per heavy atom. The van der Waals surface area contributed by atoms with E-state index in [0.29, 0.717) is 6.54 Å². The number of hydrogen-bond acceptors (Lipinski definition) is 3. The van der Waals surface area contributed by atoms with Gasteiger partial charge in [-0.05, 0) is 35.4 Å². The molecule has 3 heteroatoms. The van der Waals surface area contributed by atoms with E-state index in [0.717, 1.165) is 17.7 Å². The molecule has 24 heavy (non-hydrogen) atoms. The molecule has 3 rings (SSSR count). The average Bonchev–Trinajstić information content (AvgIpc) is 2.61. The van der Waals surface area contributed by atoms with E-state index < -0.39 is 6.10 Å². The zero-order valence-electron chi connectivity index (χ0n) is 13.9. The first-order chi connectivity index (χ1) is 11.7. The molecule has 3 nitrogen and oxygen atoms in total. The highest BCUT2D eigenvalue weighted by Crippen LogP contribution is 2.20. The molecule has 0 aliphatic rings. The van der Waals surface area contributed by atoms with Gasteiger partial charge < -0.3 is 15.2 Å². The third-order valence-electron chi connectivity index (χ3n) is 3.99. The monoisotopic (exact) mass is 321 g/mol. The molecule has 2 N–H and O–H groups in total. The smallest absolute Gasteiger partial charge is 0.120 e. The number of ether oxygens (including phenoxy) is 1. The Kier molecular flexibility index (Phi) is 5.47. The number of aliphatic hydroxyl groups excluding tert-OH is 1. The summed E-state index contributed by atoms with van der Waals surface area (Å²) in [5.41, 5.74) is 2.46. The Bertz CT molecular complexity index is 783. The summed E-state index contributed by atoms with van der Waals surface area (Å²) in [6.45, 7) is 3.60. The topological polar surface area (TPSA) is 41.5 Å². The molecule has 0 heterocycles. The van der Waals surface area contributed by atoms with E-state index in [9.17, 15) is 5.11 Å². The second-order valence-electron chi connectivity index (χ2n) is 6.09. The summed E-state index contributed by atoms with van der Waals surface area (Å²) in [5.74, 6) is 0.784. The third kappa shape index (κ3) is 4.57. The van der Waals surface area contributed by atoms with Crippen molar-refractivity contribution in [3.05, 3.63) is 77.9 Å². The van der Waals surface area contributed by atoms with Crippen LogP contribution in [0.1, 0.15) is 11.1 Å². The van der Waals surface area contributed by atoms with Gasteiger partial charge in [-0.3, -0.25) is 0 Å². The molecule has 0 radical (unpaired) electrons. The number of nitrogens with one attached hydrogen (secondary N) is 1. The molecule has 0 bridgehead atoms. The van der Waals surface area contributed by atoms with Crippen molar-refractivity contribution in [1.82, 2.24) is 5.32 Å². The van der Waals surface area contributed by atoms with Crippen molar-refractivity contribution in [2.75, 3.05) is 13.2 Å². The van der Waals surface area contributed by atoms with Crippen LogP contribution < -0.4 is 10.1 Å². The van der Waals surface area contributed by atoms with E-state index >= 15 is 0 Å². The fraction of sp³-hybridized carbons (Fsp3) is 0.238. The molecule has 0 aliphatic heterocycles. The Morgan fingerprint density at radius 2 is 1.71 bits per heavy atom. The van der Waals surface area contributed by atoms with Crippen LogP contribution in [-0.2, 0) is 6.54 Å². The van der Waals surface area contributed by atoms with Gasteiger partial charge in [0.05, 0.1) is 0 Å². The summed E-state index contributed by atoms with van der Waals surface area (Å²) in [6, 6.07) is 22.5. The summed E-state index contributed by atoms with van der Waals surface area (Å²) < 4.78 is 5.70. The minimum Gasteiger partial charge on any atom is -0.491 e. The second kappa shape index (κ2) is 7.95. The van der Waals surface area contributed by atoms with Gasteiger partial charge in [0.15, 0.2) is 0 Å². The average molecular weight is 321 g/mol. The highest BCUT2D eigenvalue weighted by atomic mass is 16.5. The molecule has 0 saturated carbocycles. The van der Waals surface area contributed by atoms with Gasteiger partial charge in [-0.2, -0.15) is 0 Å². The predicted octanol–water partition coefficient (Wildman–Crippen LogP) is 3.68. The van der Waals surface area contributed by atoms with Gasteiger partial charge in [-0.15, -0.1) is 0 Å². The van der Waals surface area contributed by atoms with Gasteiger partial charge in [0, 0.05) is 13.1 Å². The fourth-order valence-electron chi connectivity index (χ4n) is 2.60. The van der Waals surface area contributed by atoms with Crippen LogP contribution in [0.25, 0.3) is 10.8 Å². The Labute approximate surface area is 142 Å². The van der Waals surface area contributed by atoms with Crippen molar-refractivity contribution in [2.24, 2.45) is 0 Å². The van der Waals surface area contributed by atoms with Crippen molar-refractivity contribution in [3.63, 3.8) is 0 Å². The number of fused-ring (bicyclic) bond motifs is 1. The van der Waals surface area contributed by atoms with E-state index in [1.807, 2.05) is 30.3 Å². The first-order valence-corrected chi connectivity index (χ1v) is 8.26. The van der Waals surface area contributed by atoms with Crippen LogP contribution in [0.15, 0.2) is 66.7 Å². The molecule has 3 aromatic carbocycles. The van der Waals surface area contributed by atoms with Crippen molar-refractivity contribution < 1.29 is 9.84 Å². The Hall–Kier alpha value is -2.36. The van der Waals surface area contributed by atoms with Gasteiger partial charge in [0.2, 0.25) is 0 Å². The molecule has 0 spiro atoms. The number of rotatable bonds is 7. The third-order valence-corrected chi connectivity index (χ3v) is 3.99. The lowest BCUT2D eigenvalue weighted by atomic mass is 10.1. The summed E-state index contributed by atoms with van der Waals surface area (Å²) in [6.07, 6.45) is -0.540. The van der Waals surface area contributed by atoms with Gasteiger partial charge in [0.25, 0.3) is 0 Å². The molecule has 0 aliphatic carbocycles. The zero-order valence-corrected chi connectivity index (χ0v) is 13.9. The Balaban J connectivity index is 1.44. The molecule has 3 aromatic rings. The van der Waals surface area contributed by atoms with Crippen LogP contribution in [0.3, 0.4) is 0 Å². The lowest BCUT2D eigenvalue weighted by Crippen LogP contribution is -2.31. The van der Waals surface area contributed by atoms with Crippen LogP contribution in [0.2, 0.25) is 0 Å². The molecular formula is C21H23NO2. The van der Waals surface area contributed by atoms with Crippen molar-refractivity contribution in [3.8, 4) is 5.75 Å². The molecule has 1 atom stereocenters. The number of aliphatic hydroxyl groups is 1. The van der Waals surface area contributed by atoms with E-state index in [1.54, 1.807) is 0 Å². The van der Waals surface area contributed by atoms with Crippen LogP contribution in [0, 0.1) is 6.92 Å². The highest BCUT2D eigenvalue weighted by Gasteiger charge is 2.05. The van der Waals surface area contributed by atoms with Crippen LogP contribution in [0.4, 0.5) is 0 Å². The van der Waals surface area contributed by atoms with Crippen molar-refractivity contribution in [2.45, 2.75) is 19.6 Å². The van der Waals surface area contributed by atoms with E-state index in [-0.39, 0.29) is 6.61 Å². The second-order valence-corrected chi connectivity index (χ2v) is 6.09. The minimum atomic E-state index is -0.540. The maximum atomic E-state index is 10.1. The number of aryl methyl sites for hydroxylation is 1. The molecule has 0 fully saturated rings. The lowest BCUT2D eigenvalue weighted by Gasteiger charge is -2.14. The van der Waals surface area contributed by atoms with Crippen molar-refractivity contribution >= 4 is 10.8 Å². The quantitative estimate of drug-likeness (QED) is 0.697. The van der Waals surface area contributed by atoms with Gasteiger partial charge in [-0.25, -0.2) is 0 Å². The minimum absolute atomic E-state index is 0.277. The van der Waals surface area contributed by atoms with Crippen LogP contribution >= 0.6 is 0 Å². The van der Waals surface area contributed by atoms with Crippen molar-refractivity contribution in [1.29, 1.82) is 0 Å². The molecule has 0 saturated heterocycles. The largest absolute Gasteiger partial charge is 0.491 e. The number of benzene rings is 3. The van der Waals surface area contributed by atoms with E-state index in [4.69, 9.17) is 4.74 Å².